The molecule has 0 unspecified atom stereocenters. The number of pyridine rings is 1. The van der Waals surface area contributed by atoms with Gasteiger partial charge in [0, 0.05) is 28.6 Å². The number of hydrogen-bond donors (Lipinski definition) is 0. The molecular formula is C21H17N3S. The van der Waals surface area contributed by atoms with Crippen molar-refractivity contribution >= 4 is 21.6 Å². The molecule has 0 fully saturated rings. The first-order valence-electron chi connectivity index (χ1n) is 8.64. The van der Waals surface area contributed by atoms with Gasteiger partial charge in [-0.25, -0.2) is 15.0 Å². The summed E-state index contributed by atoms with van der Waals surface area (Å²) >= 11 is 1.82. The number of thiophene rings is 1. The van der Waals surface area contributed by atoms with Crippen LogP contribution < -0.4 is 0 Å². The molecule has 25 heavy (non-hydrogen) atoms. The van der Waals surface area contributed by atoms with E-state index in [4.69, 9.17) is 9.97 Å². The molecule has 0 radical (unpaired) electrons. The highest BCUT2D eigenvalue weighted by atomic mass is 32.1. The Morgan fingerprint density at radius 3 is 2.76 bits per heavy atom. The van der Waals surface area contributed by atoms with E-state index < -0.39 is 0 Å². The Bertz CT molecular complexity index is 1050. The van der Waals surface area contributed by atoms with Crippen LogP contribution in [-0.4, -0.2) is 15.0 Å². The zero-order valence-electron chi connectivity index (χ0n) is 13.8. The lowest BCUT2D eigenvalue weighted by Gasteiger charge is -2.04. The number of hydrogen-bond acceptors (Lipinski definition) is 4. The molecule has 122 valence electrons. The summed E-state index contributed by atoms with van der Waals surface area (Å²) in [5.41, 5.74) is 4.63. The van der Waals surface area contributed by atoms with Crippen molar-refractivity contribution in [3.8, 4) is 11.5 Å². The van der Waals surface area contributed by atoms with E-state index in [9.17, 15) is 0 Å². The van der Waals surface area contributed by atoms with Crippen molar-refractivity contribution in [2.45, 2.75) is 25.7 Å². The number of aryl methyl sites for hydroxylation is 2. The van der Waals surface area contributed by atoms with Gasteiger partial charge < -0.3 is 0 Å². The highest BCUT2D eigenvalue weighted by molar-refractivity contribution is 7.18. The Labute approximate surface area is 150 Å². The largest absolute Gasteiger partial charge is 0.249 e. The van der Waals surface area contributed by atoms with E-state index in [1.807, 2.05) is 35.7 Å². The highest BCUT2D eigenvalue weighted by Crippen LogP contribution is 2.36. The summed E-state index contributed by atoms with van der Waals surface area (Å²) in [7, 11) is 0. The van der Waals surface area contributed by atoms with Gasteiger partial charge in [-0.3, -0.25) is 0 Å². The van der Waals surface area contributed by atoms with Gasteiger partial charge in [-0.15, -0.1) is 11.3 Å². The van der Waals surface area contributed by atoms with Gasteiger partial charge in [0.05, 0.1) is 0 Å². The van der Waals surface area contributed by atoms with E-state index in [1.54, 1.807) is 0 Å². The second-order valence-electron chi connectivity index (χ2n) is 6.45. The molecule has 0 saturated heterocycles. The molecule has 1 aromatic carbocycles. The molecule has 3 heterocycles. The summed E-state index contributed by atoms with van der Waals surface area (Å²) in [5, 5.41) is 1.24. The van der Waals surface area contributed by atoms with Gasteiger partial charge in [0.2, 0.25) is 0 Å². The number of nitrogens with zero attached hydrogens (tertiary/aromatic N) is 3. The minimum absolute atomic E-state index is 0.724. The molecule has 3 aromatic heterocycles. The fourth-order valence-corrected chi connectivity index (χ4v) is 4.75. The predicted molar refractivity (Wildman–Crippen MR) is 102 cm³/mol. The molecule has 0 aliphatic heterocycles. The first kappa shape index (κ1) is 14.7. The van der Waals surface area contributed by atoms with Crippen LogP contribution in [0.1, 0.15) is 28.1 Å². The average molecular weight is 343 g/mol. The first-order valence-corrected chi connectivity index (χ1v) is 9.46. The third kappa shape index (κ3) is 2.72. The molecule has 1 aliphatic carbocycles. The van der Waals surface area contributed by atoms with Crippen LogP contribution in [0.25, 0.3) is 21.7 Å². The summed E-state index contributed by atoms with van der Waals surface area (Å²) in [6, 6.07) is 16.5. The normalized spacial score (nSPS) is 13.3. The van der Waals surface area contributed by atoms with Crippen LogP contribution >= 0.6 is 11.3 Å². The maximum absolute atomic E-state index is 4.80. The van der Waals surface area contributed by atoms with Crippen LogP contribution in [0.15, 0.2) is 54.7 Å². The Morgan fingerprint density at radius 1 is 0.920 bits per heavy atom. The third-order valence-electron chi connectivity index (χ3n) is 4.73. The van der Waals surface area contributed by atoms with Crippen LogP contribution in [0.2, 0.25) is 0 Å². The van der Waals surface area contributed by atoms with Gasteiger partial charge in [0.25, 0.3) is 0 Å². The number of rotatable bonds is 3. The zero-order chi connectivity index (χ0) is 16.6. The number of benzene rings is 1. The lowest BCUT2D eigenvalue weighted by molar-refractivity contribution is 0.917. The first-order chi connectivity index (χ1) is 12.4. The zero-order valence-corrected chi connectivity index (χ0v) is 14.6. The van der Waals surface area contributed by atoms with Gasteiger partial charge in [-0.2, -0.15) is 0 Å². The molecule has 4 heteroatoms. The number of aromatic nitrogens is 3. The average Bonchev–Trinajstić information content (AvgIpc) is 3.23. The molecule has 5 rings (SSSR count). The van der Waals surface area contributed by atoms with Crippen LogP contribution in [0.3, 0.4) is 0 Å². The van der Waals surface area contributed by atoms with E-state index in [0.717, 1.165) is 28.5 Å². The molecule has 4 aromatic rings. The Morgan fingerprint density at radius 2 is 1.84 bits per heavy atom. The molecule has 1 aliphatic rings. The topological polar surface area (TPSA) is 38.7 Å². The SMILES string of the molecule is c1ccc(Cc2cccc(-c3ncc4c5c(sc4n3)CCC5)n2)cc1. The Balaban J connectivity index is 1.50. The molecule has 0 saturated carbocycles. The lowest BCUT2D eigenvalue weighted by atomic mass is 10.1. The van der Waals surface area contributed by atoms with E-state index >= 15 is 0 Å². The van der Waals surface area contributed by atoms with Crippen LogP contribution in [0.4, 0.5) is 0 Å². The molecule has 0 spiro atoms. The van der Waals surface area contributed by atoms with E-state index in [0.29, 0.717) is 0 Å². The Kier molecular flexibility index (Phi) is 3.56. The standard InChI is InChI=1S/C21H17N3S/c1-2-6-14(7-3-1)12-15-8-4-10-18(23-15)20-22-13-17-16-9-5-11-19(16)25-21(17)24-20/h1-4,6-8,10,13H,5,9,11-12H2. The van der Waals surface area contributed by atoms with Crippen molar-refractivity contribution in [3.05, 3.63) is 76.4 Å². The quantitative estimate of drug-likeness (QED) is 0.535. The molecular weight excluding hydrogens is 326 g/mol. The van der Waals surface area contributed by atoms with E-state index in [2.05, 4.69) is 35.3 Å². The van der Waals surface area contributed by atoms with Crippen molar-refractivity contribution in [3.63, 3.8) is 0 Å². The second-order valence-corrected chi connectivity index (χ2v) is 7.53. The van der Waals surface area contributed by atoms with Crippen molar-refractivity contribution < 1.29 is 0 Å². The molecule has 0 atom stereocenters. The molecule has 0 bridgehead atoms. The smallest absolute Gasteiger partial charge is 0.179 e. The number of fused-ring (bicyclic) bond motifs is 3. The van der Waals surface area contributed by atoms with Crippen molar-refractivity contribution in [2.75, 3.05) is 0 Å². The van der Waals surface area contributed by atoms with Gasteiger partial charge in [-0.1, -0.05) is 36.4 Å². The second kappa shape index (κ2) is 6.05. The summed E-state index contributed by atoms with van der Waals surface area (Å²) < 4.78 is 0. The van der Waals surface area contributed by atoms with E-state index in [1.165, 1.54) is 40.7 Å². The minimum Gasteiger partial charge on any atom is -0.249 e. The third-order valence-corrected chi connectivity index (χ3v) is 5.93. The Hall–Kier alpha value is -2.59. The van der Waals surface area contributed by atoms with Crippen molar-refractivity contribution in [2.24, 2.45) is 0 Å². The molecule has 0 N–H and O–H groups in total. The van der Waals surface area contributed by atoms with Crippen molar-refractivity contribution in [1.29, 1.82) is 0 Å². The fraction of sp³-hybridized carbons (Fsp3) is 0.190. The van der Waals surface area contributed by atoms with Gasteiger partial charge in [0.1, 0.15) is 10.5 Å². The van der Waals surface area contributed by atoms with Crippen LogP contribution in [0.5, 0.6) is 0 Å². The van der Waals surface area contributed by atoms with Crippen molar-refractivity contribution in [1.82, 2.24) is 15.0 Å². The molecule has 3 nitrogen and oxygen atoms in total. The van der Waals surface area contributed by atoms with E-state index in [-0.39, 0.29) is 0 Å². The summed E-state index contributed by atoms with van der Waals surface area (Å²) in [6.07, 6.45) is 6.44. The summed E-state index contributed by atoms with van der Waals surface area (Å²) in [5.74, 6) is 0.724. The highest BCUT2D eigenvalue weighted by Gasteiger charge is 2.19. The minimum atomic E-state index is 0.724. The fourth-order valence-electron chi connectivity index (χ4n) is 3.51. The predicted octanol–water partition coefficient (Wildman–Crippen LogP) is 4.83. The van der Waals surface area contributed by atoms with Gasteiger partial charge >= 0.3 is 0 Å². The van der Waals surface area contributed by atoms with Crippen LogP contribution in [0, 0.1) is 0 Å². The maximum atomic E-state index is 4.80. The van der Waals surface area contributed by atoms with Gasteiger partial charge in [-0.05, 0) is 42.5 Å². The summed E-state index contributed by atoms with van der Waals surface area (Å²) in [6.45, 7) is 0. The maximum Gasteiger partial charge on any atom is 0.179 e. The summed E-state index contributed by atoms with van der Waals surface area (Å²) in [4.78, 5) is 16.8. The van der Waals surface area contributed by atoms with Crippen LogP contribution in [-0.2, 0) is 19.3 Å². The lowest BCUT2D eigenvalue weighted by Crippen LogP contribution is -1.96. The molecule has 0 amide bonds. The van der Waals surface area contributed by atoms with Gasteiger partial charge in [0.15, 0.2) is 5.82 Å². The monoisotopic (exact) mass is 343 g/mol.